The zero-order valence-corrected chi connectivity index (χ0v) is 16.1. The summed E-state index contributed by atoms with van der Waals surface area (Å²) in [6.07, 6.45) is 0.670. The van der Waals surface area contributed by atoms with Gasteiger partial charge in [-0.2, -0.15) is 0 Å². The van der Waals surface area contributed by atoms with Crippen molar-refractivity contribution < 1.29 is 44.2 Å². The van der Waals surface area contributed by atoms with Gasteiger partial charge in [-0.25, -0.2) is 0 Å². The Morgan fingerprint density at radius 3 is 1.93 bits per heavy atom. The van der Waals surface area contributed by atoms with Crippen LogP contribution in [0.3, 0.4) is 0 Å². The maximum Gasteiger partial charge on any atom is 0.310 e. The first-order valence-corrected chi connectivity index (χ1v) is 9.70. The minimum atomic E-state index is -1.64. The van der Waals surface area contributed by atoms with Crippen LogP contribution >= 0.6 is 0 Å². The van der Waals surface area contributed by atoms with Crippen molar-refractivity contribution in [2.45, 2.75) is 88.5 Å². The standard InChI is InChI=1S/C19H32O9/c1-2-26-14(20)10-8-6-4-3-5-7-9-11-15(21)27-12-13-16(22)17(23)18(24)19(25)28-13/h2,13,16-19,22-25H,1,3-12H2/t13-,16-,17+,18-,19?/m1/s1. The maximum absolute atomic E-state index is 11.7. The summed E-state index contributed by atoms with van der Waals surface area (Å²) in [7, 11) is 0. The molecule has 1 rings (SSSR count). The minimum absolute atomic E-state index is 0.226. The highest BCUT2D eigenvalue weighted by molar-refractivity contribution is 5.69. The number of unbranched alkanes of at least 4 members (excludes halogenated alkanes) is 6. The summed E-state index contributed by atoms with van der Waals surface area (Å²) in [5.74, 6) is -0.716. The Labute approximate surface area is 164 Å². The van der Waals surface area contributed by atoms with Crippen LogP contribution in [0, 0.1) is 0 Å². The van der Waals surface area contributed by atoms with Gasteiger partial charge >= 0.3 is 11.9 Å². The van der Waals surface area contributed by atoms with Gasteiger partial charge in [0.2, 0.25) is 0 Å². The van der Waals surface area contributed by atoms with Crippen LogP contribution in [0.5, 0.6) is 0 Å². The average Bonchev–Trinajstić information content (AvgIpc) is 2.67. The Balaban J connectivity index is 2.01. The molecule has 4 N–H and O–H groups in total. The zero-order chi connectivity index (χ0) is 20.9. The van der Waals surface area contributed by atoms with Gasteiger partial charge < -0.3 is 34.6 Å². The van der Waals surface area contributed by atoms with Crippen LogP contribution in [0.1, 0.15) is 57.8 Å². The second-order valence-electron chi connectivity index (χ2n) is 6.85. The number of hydrogen-bond acceptors (Lipinski definition) is 9. The normalized spacial score (nSPS) is 27.2. The van der Waals surface area contributed by atoms with Crippen LogP contribution < -0.4 is 0 Å². The van der Waals surface area contributed by atoms with Crippen molar-refractivity contribution in [3.63, 3.8) is 0 Å². The third-order valence-electron chi connectivity index (χ3n) is 4.57. The van der Waals surface area contributed by atoms with E-state index in [0.717, 1.165) is 44.8 Å². The topological polar surface area (TPSA) is 143 Å². The molecule has 9 heteroatoms. The molecule has 1 aliphatic heterocycles. The van der Waals surface area contributed by atoms with Crippen molar-refractivity contribution in [2.24, 2.45) is 0 Å². The van der Waals surface area contributed by atoms with Gasteiger partial charge in [0.05, 0.1) is 6.26 Å². The van der Waals surface area contributed by atoms with E-state index in [4.69, 9.17) is 9.47 Å². The summed E-state index contributed by atoms with van der Waals surface area (Å²) in [5.41, 5.74) is 0. The van der Waals surface area contributed by atoms with Gasteiger partial charge in [-0.3, -0.25) is 9.59 Å². The molecule has 0 amide bonds. The smallest absolute Gasteiger partial charge is 0.310 e. The lowest BCUT2D eigenvalue weighted by Crippen LogP contribution is -2.58. The summed E-state index contributed by atoms with van der Waals surface area (Å²) in [5, 5.41) is 38.1. The van der Waals surface area contributed by atoms with Gasteiger partial charge in [0, 0.05) is 12.8 Å². The molecule has 1 heterocycles. The van der Waals surface area contributed by atoms with E-state index in [1.807, 2.05) is 0 Å². The highest BCUT2D eigenvalue weighted by Gasteiger charge is 2.43. The number of hydrogen-bond donors (Lipinski definition) is 4. The quantitative estimate of drug-likeness (QED) is 0.196. The summed E-state index contributed by atoms with van der Waals surface area (Å²) >= 11 is 0. The van der Waals surface area contributed by atoms with Crippen molar-refractivity contribution in [3.05, 3.63) is 12.8 Å². The van der Waals surface area contributed by atoms with Crippen molar-refractivity contribution in [3.8, 4) is 0 Å². The highest BCUT2D eigenvalue weighted by Crippen LogP contribution is 2.20. The van der Waals surface area contributed by atoms with E-state index >= 15 is 0 Å². The van der Waals surface area contributed by atoms with Gasteiger partial charge in [0.1, 0.15) is 31.0 Å². The first-order valence-electron chi connectivity index (χ1n) is 9.70. The lowest BCUT2D eigenvalue weighted by molar-refractivity contribution is -0.287. The molecule has 0 saturated carbocycles. The fourth-order valence-corrected chi connectivity index (χ4v) is 2.89. The van der Waals surface area contributed by atoms with Gasteiger partial charge in [0.15, 0.2) is 6.29 Å². The number of ether oxygens (including phenoxy) is 3. The summed E-state index contributed by atoms with van der Waals surface area (Å²) < 4.78 is 14.6. The van der Waals surface area contributed by atoms with Crippen LogP contribution in [-0.4, -0.2) is 69.7 Å². The Morgan fingerprint density at radius 2 is 1.36 bits per heavy atom. The molecular formula is C19H32O9. The van der Waals surface area contributed by atoms with E-state index in [9.17, 15) is 30.0 Å². The molecule has 0 bridgehead atoms. The number of esters is 2. The summed E-state index contributed by atoms with van der Waals surface area (Å²) in [4.78, 5) is 22.8. The van der Waals surface area contributed by atoms with Crippen molar-refractivity contribution in [1.82, 2.24) is 0 Å². The molecule has 0 spiro atoms. The minimum Gasteiger partial charge on any atom is -0.463 e. The molecule has 1 fully saturated rings. The summed E-state index contributed by atoms with van der Waals surface area (Å²) in [6, 6.07) is 0. The number of carbonyl (C=O) groups is 2. The molecule has 0 aromatic carbocycles. The van der Waals surface area contributed by atoms with Crippen LogP contribution in [0.4, 0.5) is 0 Å². The predicted octanol–water partition coefficient (Wildman–Crippen LogP) is 0.527. The molecule has 0 aliphatic carbocycles. The zero-order valence-electron chi connectivity index (χ0n) is 16.1. The van der Waals surface area contributed by atoms with Crippen molar-refractivity contribution in [1.29, 1.82) is 0 Å². The molecule has 1 unspecified atom stereocenters. The Morgan fingerprint density at radius 1 is 0.821 bits per heavy atom. The van der Waals surface area contributed by atoms with E-state index in [1.54, 1.807) is 0 Å². The monoisotopic (exact) mass is 404 g/mol. The Kier molecular flexibility index (Phi) is 11.9. The van der Waals surface area contributed by atoms with Crippen LogP contribution in [0.25, 0.3) is 0 Å². The second-order valence-corrected chi connectivity index (χ2v) is 6.85. The predicted molar refractivity (Wildman–Crippen MR) is 97.7 cm³/mol. The molecule has 0 aromatic heterocycles. The number of aliphatic hydroxyl groups is 4. The Hall–Kier alpha value is -1.52. The lowest BCUT2D eigenvalue weighted by Gasteiger charge is -2.37. The van der Waals surface area contributed by atoms with Gasteiger partial charge in [-0.15, -0.1) is 0 Å². The third kappa shape index (κ3) is 9.11. The molecule has 1 saturated heterocycles. The van der Waals surface area contributed by atoms with Crippen molar-refractivity contribution >= 4 is 11.9 Å². The SMILES string of the molecule is C=COC(=O)CCCCCCCCCC(=O)OC[C@H]1OC(O)[C@H](O)[C@@H](O)[C@@H]1O. The third-order valence-corrected chi connectivity index (χ3v) is 4.57. The first kappa shape index (κ1) is 24.5. The van der Waals surface area contributed by atoms with E-state index in [-0.39, 0.29) is 19.0 Å². The molecular weight excluding hydrogens is 372 g/mol. The molecule has 162 valence electrons. The maximum atomic E-state index is 11.7. The lowest BCUT2D eigenvalue weighted by atomic mass is 9.99. The van der Waals surface area contributed by atoms with Gasteiger partial charge in [0.25, 0.3) is 0 Å². The fraction of sp³-hybridized carbons (Fsp3) is 0.789. The highest BCUT2D eigenvalue weighted by atomic mass is 16.6. The molecule has 5 atom stereocenters. The first-order chi connectivity index (χ1) is 13.4. The molecule has 1 aliphatic rings. The fourth-order valence-electron chi connectivity index (χ4n) is 2.89. The molecule has 0 radical (unpaired) electrons. The molecule has 28 heavy (non-hydrogen) atoms. The van der Waals surface area contributed by atoms with E-state index < -0.39 is 36.7 Å². The van der Waals surface area contributed by atoms with E-state index in [1.165, 1.54) is 0 Å². The Bertz CT molecular complexity index is 482. The molecule has 9 nitrogen and oxygen atoms in total. The van der Waals surface area contributed by atoms with Gasteiger partial charge in [-0.05, 0) is 12.8 Å². The number of aliphatic hydroxyl groups excluding tert-OH is 4. The number of rotatable bonds is 13. The summed E-state index contributed by atoms with van der Waals surface area (Å²) in [6.45, 7) is 3.01. The second kappa shape index (κ2) is 13.6. The molecule has 0 aromatic rings. The van der Waals surface area contributed by atoms with Crippen molar-refractivity contribution in [2.75, 3.05) is 6.61 Å². The average molecular weight is 404 g/mol. The van der Waals surface area contributed by atoms with E-state index in [0.29, 0.717) is 12.8 Å². The van der Waals surface area contributed by atoms with Crippen LogP contribution in [-0.2, 0) is 23.8 Å². The van der Waals surface area contributed by atoms with Gasteiger partial charge in [-0.1, -0.05) is 38.7 Å². The van der Waals surface area contributed by atoms with Crippen LogP contribution in [0.2, 0.25) is 0 Å². The van der Waals surface area contributed by atoms with Crippen LogP contribution in [0.15, 0.2) is 12.8 Å². The van der Waals surface area contributed by atoms with E-state index in [2.05, 4.69) is 11.3 Å². The largest absolute Gasteiger partial charge is 0.463 e. The number of carbonyl (C=O) groups excluding carboxylic acids is 2.